The summed E-state index contributed by atoms with van der Waals surface area (Å²) in [6, 6.07) is 12.4. The molecule has 3 rings (SSSR count). The molecule has 106 valence electrons. The largest absolute Gasteiger partial charge is 0.399 e. The third-order valence-electron chi connectivity index (χ3n) is 2.95. The molecule has 0 atom stereocenters. The summed E-state index contributed by atoms with van der Waals surface area (Å²) < 4.78 is 1.52. The van der Waals surface area contributed by atoms with Crippen LogP contribution in [0.25, 0.3) is 5.65 Å². The summed E-state index contributed by atoms with van der Waals surface area (Å²) in [6.45, 7) is 0. The second kappa shape index (κ2) is 5.79. The molecule has 2 aromatic heterocycles. The number of hydrogen-bond donors (Lipinski definition) is 1. The molecule has 0 fully saturated rings. The Bertz CT molecular complexity index is 863. The SMILES string of the molecule is Nc1ccc(Cl)c(SCc2cc(=O)n3ccccc3n2)c1. The number of pyridine rings is 1. The van der Waals surface area contributed by atoms with Gasteiger partial charge < -0.3 is 5.73 Å². The van der Waals surface area contributed by atoms with Gasteiger partial charge in [0.05, 0.1) is 10.7 Å². The van der Waals surface area contributed by atoms with E-state index < -0.39 is 0 Å². The monoisotopic (exact) mass is 317 g/mol. The van der Waals surface area contributed by atoms with E-state index in [1.165, 1.54) is 16.2 Å². The van der Waals surface area contributed by atoms with Crippen molar-refractivity contribution in [2.45, 2.75) is 10.6 Å². The van der Waals surface area contributed by atoms with Crippen LogP contribution in [0.4, 0.5) is 5.69 Å². The van der Waals surface area contributed by atoms with Gasteiger partial charge in [-0.05, 0) is 30.3 Å². The Morgan fingerprint density at radius 2 is 2.10 bits per heavy atom. The van der Waals surface area contributed by atoms with Crippen molar-refractivity contribution in [2.24, 2.45) is 0 Å². The van der Waals surface area contributed by atoms with Gasteiger partial charge in [-0.15, -0.1) is 11.8 Å². The zero-order chi connectivity index (χ0) is 14.8. The fourth-order valence-corrected chi connectivity index (χ4v) is 3.12. The van der Waals surface area contributed by atoms with Crippen LogP contribution in [0.15, 0.2) is 58.4 Å². The number of benzene rings is 1. The minimum absolute atomic E-state index is 0.0881. The van der Waals surface area contributed by atoms with Gasteiger partial charge in [-0.3, -0.25) is 9.20 Å². The summed E-state index contributed by atoms with van der Waals surface area (Å²) in [7, 11) is 0. The van der Waals surface area contributed by atoms with Gasteiger partial charge in [-0.25, -0.2) is 4.98 Å². The van der Waals surface area contributed by atoms with E-state index in [1.807, 2.05) is 18.2 Å². The molecular weight excluding hydrogens is 306 g/mol. The number of nitrogens with zero attached hydrogens (tertiary/aromatic N) is 2. The molecule has 0 aliphatic carbocycles. The molecule has 3 aromatic rings. The Hall–Kier alpha value is -1.98. The lowest BCUT2D eigenvalue weighted by molar-refractivity contribution is 1.01. The topological polar surface area (TPSA) is 60.4 Å². The normalized spacial score (nSPS) is 10.9. The first kappa shape index (κ1) is 14.0. The van der Waals surface area contributed by atoms with Gasteiger partial charge in [-0.1, -0.05) is 17.7 Å². The molecule has 6 heteroatoms. The van der Waals surface area contributed by atoms with Gasteiger partial charge in [0, 0.05) is 28.6 Å². The highest BCUT2D eigenvalue weighted by Gasteiger charge is 2.05. The summed E-state index contributed by atoms with van der Waals surface area (Å²) in [5.74, 6) is 0.559. The number of halogens is 1. The fraction of sp³-hybridized carbons (Fsp3) is 0.0667. The number of thioether (sulfide) groups is 1. The van der Waals surface area contributed by atoms with E-state index in [0.717, 1.165) is 10.6 Å². The Kier molecular flexibility index (Phi) is 3.86. The van der Waals surface area contributed by atoms with E-state index in [1.54, 1.807) is 30.5 Å². The smallest absolute Gasteiger partial charge is 0.258 e. The Morgan fingerprint density at radius 1 is 1.24 bits per heavy atom. The average Bonchev–Trinajstić information content (AvgIpc) is 2.48. The molecule has 0 unspecified atom stereocenters. The highest BCUT2D eigenvalue weighted by molar-refractivity contribution is 7.98. The number of hydrogen-bond acceptors (Lipinski definition) is 4. The lowest BCUT2D eigenvalue weighted by Gasteiger charge is -2.06. The van der Waals surface area contributed by atoms with Crippen molar-refractivity contribution in [1.82, 2.24) is 9.38 Å². The molecule has 0 saturated heterocycles. The van der Waals surface area contributed by atoms with Gasteiger partial charge in [0.25, 0.3) is 5.56 Å². The maximum Gasteiger partial charge on any atom is 0.258 e. The fourth-order valence-electron chi connectivity index (χ4n) is 1.96. The predicted molar refractivity (Wildman–Crippen MR) is 86.9 cm³/mol. The van der Waals surface area contributed by atoms with E-state index in [2.05, 4.69) is 4.98 Å². The number of anilines is 1. The predicted octanol–water partition coefficient (Wildman–Crippen LogP) is 3.22. The molecule has 1 aromatic carbocycles. The first-order valence-electron chi connectivity index (χ1n) is 6.28. The average molecular weight is 318 g/mol. The van der Waals surface area contributed by atoms with Crippen LogP contribution in [0, 0.1) is 0 Å². The number of nitrogen functional groups attached to an aromatic ring is 1. The molecule has 0 saturated carbocycles. The summed E-state index contributed by atoms with van der Waals surface area (Å²) in [5, 5.41) is 0.645. The van der Waals surface area contributed by atoms with Crippen LogP contribution in [0.2, 0.25) is 5.02 Å². The molecule has 2 heterocycles. The van der Waals surface area contributed by atoms with Crippen molar-refractivity contribution in [3.63, 3.8) is 0 Å². The first-order chi connectivity index (χ1) is 10.1. The number of aromatic nitrogens is 2. The van der Waals surface area contributed by atoms with Crippen LogP contribution in [0.5, 0.6) is 0 Å². The first-order valence-corrected chi connectivity index (χ1v) is 7.65. The third-order valence-corrected chi connectivity index (χ3v) is 4.49. The molecule has 4 nitrogen and oxygen atoms in total. The summed E-state index contributed by atoms with van der Waals surface area (Å²) >= 11 is 7.64. The van der Waals surface area contributed by atoms with E-state index in [-0.39, 0.29) is 5.56 Å². The maximum atomic E-state index is 12.0. The molecule has 0 spiro atoms. The number of rotatable bonds is 3. The molecule has 0 aliphatic rings. The van der Waals surface area contributed by atoms with E-state index in [0.29, 0.717) is 22.1 Å². The zero-order valence-corrected chi connectivity index (χ0v) is 12.6. The van der Waals surface area contributed by atoms with E-state index in [4.69, 9.17) is 17.3 Å². The minimum atomic E-state index is -0.0881. The van der Waals surface area contributed by atoms with Crippen molar-refractivity contribution in [2.75, 3.05) is 5.73 Å². The Morgan fingerprint density at radius 3 is 2.95 bits per heavy atom. The van der Waals surface area contributed by atoms with Crippen LogP contribution >= 0.6 is 23.4 Å². The standard InChI is InChI=1S/C15H12ClN3OS/c16-12-5-4-10(17)7-13(12)21-9-11-8-15(20)19-6-2-1-3-14(19)18-11/h1-8H,9,17H2. The Balaban J connectivity index is 1.88. The van der Waals surface area contributed by atoms with Gasteiger partial charge in [0.15, 0.2) is 0 Å². The minimum Gasteiger partial charge on any atom is -0.399 e. The van der Waals surface area contributed by atoms with E-state index in [9.17, 15) is 4.79 Å². The van der Waals surface area contributed by atoms with Crippen molar-refractivity contribution in [1.29, 1.82) is 0 Å². The molecule has 0 amide bonds. The van der Waals surface area contributed by atoms with Crippen LogP contribution < -0.4 is 11.3 Å². The number of nitrogens with two attached hydrogens (primary N) is 1. The highest BCUT2D eigenvalue weighted by Crippen LogP contribution is 2.30. The van der Waals surface area contributed by atoms with Crippen LogP contribution in [-0.2, 0) is 5.75 Å². The van der Waals surface area contributed by atoms with E-state index >= 15 is 0 Å². The summed E-state index contributed by atoms with van der Waals surface area (Å²) in [6.07, 6.45) is 1.70. The second-order valence-corrected chi connectivity index (χ2v) is 5.92. The molecule has 0 radical (unpaired) electrons. The van der Waals surface area contributed by atoms with Crippen molar-refractivity contribution < 1.29 is 0 Å². The van der Waals surface area contributed by atoms with Crippen LogP contribution in [0.1, 0.15) is 5.69 Å². The van der Waals surface area contributed by atoms with Crippen molar-refractivity contribution >= 4 is 34.7 Å². The molecule has 21 heavy (non-hydrogen) atoms. The number of fused-ring (bicyclic) bond motifs is 1. The van der Waals surface area contributed by atoms with Gasteiger partial charge in [-0.2, -0.15) is 0 Å². The van der Waals surface area contributed by atoms with Crippen LogP contribution in [0.3, 0.4) is 0 Å². The Labute approximate surface area is 130 Å². The van der Waals surface area contributed by atoms with Crippen molar-refractivity contribution in [3.8, 4) is 0 Å². The van der Waals surface area contributed by atoms with Gasteiger partial charge in [0.1, 0.15) is 5.65 Å². The highest BCUT2D eigenvalue weighted by atomic mass is 35.5. The molecular formula is C15H12ClN3OS. The third kappa shape index (κ3) is 3.04. The summed E-state index contributed by atoms with van der Waals surface area (Å²) in [4.78, 5) is 17.4. The lowest BCUT2D eigenvalue weighted by Crippen LogP contribution is -2.14. The lowest BCUT2D eigenvalue weighted by atomic mass is 10.3. The molecule has 0 bridgehead atoms. The summed E-state index contributed by atoms with van der Waals surface area (Å²) in [5.41, 5.74) is 7.68. The van der Waals surface area contributed by atoms with Crippen molar-refractivity contribution in [3.05, 3.63) is 69.7 Å². The van der Waals surface area contributed by atoms with Gasteiger partial charge in [0.2, 0.25) is 0 Å². The molecule has 0 aliphatic heterocycles. The maximum absolute atomic E-state index is 12.0. The second-order valence-electron chi connectivity index (χ2n) is 4.49. The zero-order valence-electron chi connectivity index (χ0n) is 11.0. The molecule has 2 N–H and O–H groups in total. The van der Waals surface area contributed by atoms with Crippen LogP contribution in [-0.4, -0.2) is 9.38 Å². The van der Waals surface area contributed by atoms with Gasteiger partial charge >= 0.3 is 0 Å². The quantitative estimate of drug-likeness (QED) is 0.595.